The van der Waals surface area contributed by atoms with Crippen LogP contribution in [-0.2, 0) is 6.42 Å². The molecule has 2 rings (SSSR count). The molecule has 0 fully saturated rings. The van der Waals surface area contributed by atoms with Crippen LogP contribution in [0, 0.1) is 0 Å². The van der Waals surface area contributed by atoms with E-state index in [1.165, 1.54) is 6.07 Å². The third-order valence-electron chi connectivity index (χ3n) is 2.94. The van der Waals surface area contributed by atoms with Crippen LogP contribution in [0.1, 0.15) is 24.5 Å². The number of benzene rings is 1. The zero-order valence-electron chi connectivity index (χ0n) is 12.1. The highest BCUT2D eigenvalue weighted by molar-refractivity contribution is 5.31. The van der Waals surface area contributed by atoms with Crippen LogP contribution in [0.2, 0.25) is 0 Å². The number of H-pyrrole nitrogens is 1. The third-order valence-corrected chi connectivity index (χ3v) is 2.94. The van der Waals surface area contributed by atoms with Crippen LogP contribution in [0.4, 0.5) is 0 Å². The Morgan fingerprint density at radius 3 is 2.57 bits per heavy atom. The lowest BCUT2D eigenvalue weighted by molar-refractivity contribution is 0.317. The summed E-state index contributed by atoms with van der Waals surface area (Å²) in [4.78, 5) is 18.5. The summed E-state index contributed by atoms with van der Waals surface area (Å²) >= 11 is 0. The minimum absolute atomic E-state index is 0.197. The summed E-state index contributed by atoms with van der Waals surface area (Å²) in [6.45, 7) is 2.21. The number of rotatable bonds is 6. The van der Waals surface area contributed by atoms with E-state index in [-0.39, 0.29) is 11.6 Å². The maximum atomic E-state index is 11.5. The second kappa shape index (κ2) is 6.90. The Bertz CT molecular complexity index is 635. The smallest absolute Gasteiger partial charge is 0.251 e. The van der Waals surface area contributed by atoms with Crippen molar-refractivity contribution < 1.29 is 9.47 Å². The number of aromatic amines is 1. The molecule has 1 aromatic heterocycles. The molecule has 0 aliphatic heterocycles. The van der Waals surface area contributed by atoms with Gasteiger partial charge in [-0.05, 0) is 31.2 Å². The molecular formula is C15H19N3O3. The highest BCUT2D eigenvalue weighted by atomic mass is 16.5. The summed E-state index contributed by atoms with van der Waals surface area (Å²) in [5, 5.41) is 0. The Morgan fingerprint density at radius 1 is 1.29 bits per heavy atom. The van der Waals surface area contributed by atoms with Gasteiger partial charge >= 0.3 is 0 Å². The van der Waals surface area contributed by atoms with Crippen LogP contribution in [0.3, 0.4) is 0 Å². The molecule has 0 bridgehead atoms. The molecular weight excluding hydrogens is 270 g/mol. The largest absolute Gasteiger partial charge is 0.497 e. The van der Waals surface area contributed by atoms with Gasteiger partial charge in [0.25, 0.3) is 5.56 Å². The van der Waals surface area contributed by atoms with Gasteiger partial charge in [-0.25, -0.2) is 4.98 Å². The molecule has 0 spiro atoms. The van der Waals surface area contributed by atoms with Crippen LogP contribution in [-0.4, -0.2) is 23.7 Å². The van der Waals surface area contributed by atoms with Crippen molar-refractivity contribution in [2.75, 3.05) is 13.7 Å². The Kier molecular flexibility index (Phi) is 4.94. The van der Waals surface area contributed by atoms with E-state index in [9.17, 15) is 4.79 Å². The molecule has 0 radical (unpaired) electrons. The molecule has 1 unspecified atom stereocenters. The summed E-state index contributed by atoms with van der Waals surface area (Å²) in [6.07, 6.45) is 0.502. The van der Waals surface area contributed by atoms with E-state index < -0.39 is 0 Å². The number of methoxy groups -OCH3 is 1. The predicted molar refractivity (Wildman–Crippen MR) is 79.7 cm³/mol. The summed E-state index contributed by atoms with van der Waals surface area (Å²) in [6, 6.07) is 8.45. The predicted octanol–water partition coefficient (Wildman–Crippen LogP) is 1.42. The van der Waals surface area contributed by atoms with Crippen molar-refractivity contribution >= 4 is 0 Å². The van der Waals surface area contributed by atoms with Gasteiger partial charge in [-0.2, -0.15) is 0 Å². The number of nitrogens with one attached hydrogen (secondary N) is 1. The van der Waals surface area contributed by atoms with Crippen LogP contribution in [0.25, 0.3) is 0 Å². The molecule has 0 aliphatic carbocycles. The monoisotopic (exact) mass is 289 g/mol. The average molecular weight is 289 g/mol. The minimum atomic E-state index is -0.270. The first-order valence-electron chi connectivity index (χ1n) is 6.71. The van der Waals surface area contributed by atoms with Crippen LogP contribution in [0.15, 0.2) is 35.1 Å². The van der Waals surface area contributed by atoms with Crippen LogP contribution in [0.5, 0.6) is 11.5 Å². The average Bonchev–Trinajstić information content (AvgIpc) is 2.47. The van der Waals surface area contributed by atoms with Gasteiger partial charge in [0, 0.05) is 18.5 Å². The lowest BCUT2D eigenvalue weighted by atomic mass is 10.2. The first-order chi connectivity index (χ1) is 10.1. The molecule has 1 heterocycles. The molecule has 0 saturated heterocycles. The number of nitrogens with two attached hydrogens (primary N) is 1. The molecule has 0 amide bonds. The lowest BCUT2D eigenvalue weighted by Crippen LogP contribution is -2.18. The summed E-state index contributed by atoms with van der Waals surface area (Å²) < 4.78 is 10.7. The van der Waals surface area contributed by atoms with Crippen molar-refractivity contribution in [3.05, 3.63) is 52.2 Å². The third kappa shape index (κ3) is 4.32. The Morgan fingerprint density at radius 2 is 1.95 bits per heavy atom. The molecule has 1 aromatic carbocycles. The van der Waals surface area contributed by atoms with E-state index in [4.69, 9.17) is 15.2 Å². The number of nitrogens with zero attached hydrogens (tertiary/aromatic N) is 1. The molecule has 0 saturated carbocycles. The molecule has 2 aromatic rings. The number of aromatic nitrogens is 2. The van der Waals surface area contributed by atoms with Gasteiger partial charge in [0.15, 0.2) is 0 Å². The molecule has 0 aliphatic rings. The summed E-state index contributed by atoms with van der Waals surface area (Å²) in [7, 11) is 1.61. The van der Waals surface area contributed by atoms with Crippen molar-refractivity contribution in [2.24, 2.45) is 5.73 Å². The second-order valence-electron chi connectivity index (χ2n) is 4.68. The van der Waals surface area contributed by atoms with Crippen molar-refractivity contribution in [3.63, 3.8) is 0 Å². The number of hydrogen-bond donors (Lipinski definition) is 2. The fourth-order valence-corrected chi connectivity index (χ4v) is 1.82. The first kappa shape index (κ1) is 15.1. The fourth-order valence-electron chi connectivity index (χ4n) is 1.82. The normalized spacial score (nSPS) is 12.0. The van der Waals surface area contributed by atoms with Gasteiger partial charge in [0.05, 0.1) is 19.4 Å². The van der Waals surface area contributed by atoms with E-state index in [0.717, 1.165) is 11.5 Å². The topological polar surface area (TPSA) is 90.2 Å². The maximum Gasteiger partial charge on any atom is 0.251 e. The van der Waals surface area contributed by atoms with Gasteiger partial charge in [-0.15, -0.1) is 0 Å². The molecule has 3 N–H and O–H groups in total. The van der Waals surface area contributed by atoms with E-state index in [2.05, 4.69) is 9.97 Å². The summed E-state index contributed by atoms with van der Waals surface area (Å²) in [5.41, 5.74) is 6.12. The maximum absolute atomic E-state index is 11.5. The molecule has 6 nitrogen and oxygen atoms in total. The van der Waals surface area contributed by atoms with Gasteiger partial charge in [0.1, 0.15) is 17.3 Å². The molecule has 6 heteroatoms. The SMILES string of the molecule is COc1ccc(OCCc2nc(C(C)N)cc(=O)[nH]2)cc1. The Hall–Kier alpha value is -2.34. The number of hydrogen-bond acceptors (Lipinski definition) is 5. The van der Waals surface area contributed by atoms with E-state index >= 15 is 0 Å². The van der Waals surface area contributed by atoms with E-state index in [0.29, 0.717) is 24.5 Å². The molecule has 1 atom stereocenters. The standard InChI is InChI=1S/C15H19N3O3/c1-10(16)13-9-15(19)18-14(17-13)7-8-21-12-5-3-11(20-2)4-6-12/h3-6,9-10H,7-8,16H2,1-2H3,(H,17,18,19). The van der Waals surface area contributed by atoms with Crippen molar-refractivity contribution in [2.45, 2.75) is 19.4 Å². The fraction of sp³-hybridized carbons (Fsp3) is 0.333. The second-order valence-corrected chi connectivity index (χ2v) is 4.68. The van der Waals surface area contributed by atoms with Crippen molar-refractivity contribution in [1.82, 2.24) is 9.97 Å². The zero-order chi connectivity index (χ0) is 15.2. The highest BCUT2D eigenvalue weighted by Crippen LogP contribution is 2.17. The van der Waals surface area contributed by atoms with Gasteiger partial charge in [-0.3, -0.25) is 4.79 Å². The molecule has 112 valence electrons. The Labute approximate surface area is 122 Å². The van der Waals surface area contributed by atoms with Gasteiger partial charge in [-0.1, -0.05) is 0 Å². The van der Waals surface area contributed by atoms with Gasteiger partial charge in [0.2, 0.25) is 0 Å². The summed E-state index contributed by atoms with van der Waals surface area (Å²) in [5.74, 6) is 2.09. The van der Waals surface area contributed by atoms with E-state index in [1.54, 1.807) is 14.0 Å². The zero-order valence-corrected chi connectivity index (χ0v) is 12.1. The first-order valence-corrected chi connectivity index (χ1v) is 6.71. The quantitative estimate of drug-likeness (QED) is 0.839. The Balaban J connectivity index is 1.95. The van der Waals surface area contributed by atoms with Gasteiger partial charge < -0.3 is 20.2 Å². The highest BCUT2D eigenvalue weighted by Gasteiger charge is 2.05. The van der Waals surface area contributed by atoms with Crippen LogP contribution < -0.4 is 20.8 Å². The van der Waals surface area contributed by atoms with Crippen molar-refractivity contribution in [3.8, 4) is 11.5 Å². The van der Waals surface area contributed by atoms with E-state index in [1.807, 2.05) is 24.3 Å². The van der Waals surface area contributed by atoms with Crippen molar-refractivity contribution in [1.29, 1.82) is 0 Å². The number of ether oxygens (including phenoxy) is 2. The molecule has 21 heavy (non-hydrogen) atoms. The lowest BCUT2D eigenvalue weighted by Gasteiger charge is -2.08. The minimum Gasteiger partial charge on any atom is -0.497 e. The van der Waals surface area contributed by atoms with Crippen LogP contribution >= 0.6 is 0 Å².